The van der Waals surface area contributed by atoms with Gasteiger partial charge in [0.15, 0.2) is 5.96 Å². The van der Waals surface area contributed by atoms with Crippen molar-refractivity contribution < 1.29 is 4.74 Å². The van der Waals surface area contributed by atoms with Gasteiger partial charge in [-0.3, -0.25) is 9.89 Å². The van der Waals surface area contributed by atoms with Crippen LogP contribution in [0.25, 0.3) is 0 Å². The molecule has 0 radical (unpaired) electrons. The van der Waals surface area contributed by atoms with Crippen molar-refractivity contribution in [1.82, 2.24) is 15.5 Å². The lowest BCUT2D eigenvalue weighted by Crippen LogP contribution is -2.40. The van der Waals surface area contributed by atoms with Crippen LogP contribution in [0.3, 0.4) is 0 Å². The number of ether oxygens (including phenoxy) is 1. The average molecular weight is 373 g/mol. The third kappa shape index (κ3) is 6.51. The highest BCUT2D eigenvalue weighted by molar-refractivity contribution is 5.79. The van der Waals surface area contributed by atoms with Gasteiger partial charge in [-0.15, -0.1) is 0 Å². The molecule has 0 bridgehead atoms. The fourth-order valence-corrected chi connectivity index (χ4v) is 4.27. The Bertz CT molecular complexity index is 598. The molecule has 2 N–H and O–H groups in total. The van der Waals surface area contributed by atoms with Crippen molar-refractivity contribution in [2.75, 3.05) is 39.9 Å². The van der Waals surface area contributed by atoms with Gasteiger partial charge >= 0.3 is 0 Å². The summed E-state index contributed by atoms with van der Waals surface area (Å²) in [5.41, 5.74) is 2.74. The van der Waals surface area contributed by atoms with E-state index in [-0.39, 0.29) is 0 Å². The lowest BCUT2D eigenvalue weighted by Gasteiger charge is -2.28. The number of nitrogens with one attached hydrogen (secondary N) is 2. The molecule has 1 aromatic carbocycles. The number of hydrogen-bond acceptors (Lipinski definition) is 3. The molecule has 150 valence electrons. The first-order valence-electron chi connectivity index (χ1n) is 10.6. The first-order chi connectivity index (χ1) is 13.2. The van der Waals surface area contributed by atoms with Crippen molar-refractivity contribution in [2.24, 2.45) is 16.8 Å². The molecule has 1 aliphatic heterocycles. The molecule has 2 fully saturated rings. The summed E-state index contributed by atoms with van der Waals surface area (Å²) in [4.78, 5) is 6.89. The largest absolute Gasteiger partial charge is 0.379 e. The summed E-state index contributed by atoms with van der Waals surface area (Å²) in [6, 6.07) is 8.72. The van der Waals surface area contributed by atoms with Gasteiger partial charge in [-0.25, -0.2) is 0 Å². The van der Waals surface area contributed by atoms with Crippen molar-refractivity contribution in [3.63, 3.8) is 0 Å². The summed E-state index contributed by atoms with van der Waals surface area (Å²) in [5.74, 6) is 2.56. The Kier molecular flexibility index (Phi) is 7.96. The molecular formula is C22H36N4O. The average Bonchev–Trinajstić information content (AvgIpc) is 2.70. The molecule has 27 heavy (non-hydrogen) atoms. The van der Waals surface area contributed by atoms with Crippen LogP contribution in [0.4, 0.5) is 0 Å². The zero-order valence-electron chi connectivity index (χ0n) is 17.0. The van der Waals surface area contributed by atoms with Crippen LogP contribution in [0.2, 0.25) is 0 Å². The van der Waals surface area contributed by atoms with E-state index < -0.39 is 0 Å². The Morgan fingerprint density at radius 2 is 1.93 bits per heavy atom. The Morgan fingerprint density at radius 1 is 1.15 bits per heavy atom. The Labute approximate surface area is 164 Å². The van der Waals surface area contributed by atoms with Crippen molar-refractivity contribution in [3.05, 3.63) is 35.4 Å². The van der Waals surface area contributed by atoms with Gasteiger partial charge in [0.2, 0.25) is 0 Å². The monoisotopic (exact) mass is 372 g/mol. The van der Waals surface area contributed by atoms with Crippen LogP contribution >= 0.6 is 0 Å². The standard InChI is InChI=1S/C22H36N4O/c1-18-6-5-7-19(14-18)15-24-22(23-2)25-16-20-8-3-4-9-21(20)17-26-10-12-27-13-11-26/h3-4,8-9,18-19H,5-7,10-17H2,1-2H3,(H2,23,24,25). The normalized spacial score (nSPS) is 24.6. The Hall–Kier alpha value is -1.59. The van der Waals surface area contributed by atoms with Crippen LogP contribution in [0.1, 0.15) is 43.7 Å². The SMILES string of the molecule is CN=C(NCc1ccccc1CN1CCOCC1)NCC1CCCC(C)C1. The topological polar surface area (TPSA) is 48.9 Å². The fraction of sp³-hybridized carbons (Fsp3) is 0.682. The van der Waals surface area contributed by atoms with Gasteiger partial charge in [0.25, 0.3) is 0 Å². The molecule has 1 saturated carbocycles. The second-order valence-corrected chi connectivity index (χ2v) is 8.10. The third-order valence-corrected chi connectivity index (χ3v) is 5.89. The highest BCUT2D eigenvalue weighted by Crippen LogP contribution is 2.27. The van der Waals surface area contributed by atoms with E-state index in [1.165, 1.54) is 36.8 Å². The molecular weight excluding hydrogens is 336 g/mol. The van der Waals surface area contributed by atoms with E-state index in [0.29, 0.717) is 0 Å². The van der Waals surface area contributed by atoms with Gasteiger partial charge in [-0.2, -0.15) is 0 Å². The van der Waals surface area contributed by atoms with Crippen LogP contribution in [0.5, 0.6) is 0 Å². The van der Waals surface area contributed by atoms with Crippen molar-refractivity contribution in [3.8, 4) is 0 Å². The van der Waals surface area contributed by atoms with E-state index >= 15 is 0 Å². The van der Waals surface area contributed by atoms with E-state index in [9.17, 15) is 0 Å². The molecule has 5 heteroatoms. The maximum atomic E-state index is 5.47. The van der Waals surface area contributed by atoms with Gasteiger partial charge in [0.05, 0.1) is 13.2 Å². The molecule has 1 saturated heterocycles. The summed E-state index contributed by atoms with van der Waals surface area (Å²) < 4.78 is 5.47. The number of benzene rings is 1. The van der Waals surface area contributed by atoms with E-state index in [2.05, 4.69) is 51.7 Å². The number of aliphatic imine (C=N–C) groups is 1. The molecule has 2 atom stereocenters. The number of guanidine groups is 1. The molecule has 1 aromatic rings. The molecule has 3 rings (SSSR count). The second kappa shape index (κ2) is 10.7. The minimum Gasteiger partial charge on any atom is -0.379 e. The molecule has 0 amide bonds. The molecule has 5 nitrogen and oxygen atoms in total. The predicted molar refractivity (Wildman–Crippen MR) is 112 cm³/mol. The molecule has 1 heterocycles. The van der Waals surface area contributed by atoms with Gasteiger partial charge in [-0.05, 0) is 35.8 Å². The van der Waals surface area contributed by atoms with E-state index in [0.717, 1.165) is 63.7 Å². The summed E-state index contributed by atoms with van der Waals surface area (Å²) >= 11 is 0. The Morgan fingerprint density at radius 3 is 2.67 bits per heavy atom. The zero-order chi connectivity index (χ0) is 18.9. The number of hydrogen-bond donors (Lipinski definition) is 2. The highest BCUT2D eigenvalue weighted by Gasteiger charge is 2.19. The van der Waals surface area contributed by atoms with E-state index in [1.807, 2.05) is 7.05 Å². The predicted octanol–water partition coefficient (Wildman–Crippen LogP) is 3.01. The van der Waals surface area contributed by atoms with Gasteiger partial charge in [0, 0.05) is 39.8 Å². The van der Waals surface area contributed by atoms with E-state index in [1.54, 1.807) is 0 Å². The Balaban J connectivity index is 1.49. The van der Waals surface area contributed by atoms with Crippen LogP contribution in [-0.2, 0) is 17.8 Å². The summed E-state index contributed by atoms with van der Waals surface area (Å²) in [6.07, 6.45) is 5.45. The molecule has 0 aromatic heterocycles. The first-order valence-corrected chi connectivity index (χ1v) is 10.6. The molecule has 2 aliphatic rings. The van der Waals surface area contributed by atoms with Crippen LogP contribution < -0.4 is 10.6 Å². The van der Waals surface area contributed by atoms with Gasteiger partial charge < -0.3 is 15.4 Å². The lowest BCUT2D eigenvalue weighted by molar-refractivity contribution is 0.0341. The summed E-state index contributed by atoms with van der Waals surface area (Å²) in [7, 11) is 1.86. The van der Waals surface area contributed by atoms with Crippen molar-refractivity contribution in [2.45, 2.75) is 45.7 Å². The minimum atomic E-state index is 0.779. The van der Waals surface area contributed by atoms with Crippen LogP contribution in [-0.4, -0.2) is 50.8 Å². The highest BCUT2D eigenvalue weighted by atomic mass is 16.5. The van der Waals surface area contributed by atoms with Gasteiger partial charge in [-0.1, -0.05) is 44.0 Å². The molecule has 2 unspecified atom stereocenters. The maximum absolute atomic E-state index is 5.47. The summed E-state index contributed by atoms with van der Waals surface area (Å²) in [6.45, 7) is 8.93. The van der Waals surface area contributed by atoms with Crippen LogP contribution in [0.15, 0.2) is 29.3 Å². The maximum Gasteiger partial charge on any atom is 0.191 e. The van der Waals surface area contributed by atoms with Crippen LogP contribution in [0, 0.1) is 11.8 Å². The minimum absolute atomic E-state index is 0.779. The number of morpholine rings is 1. The summed E-state index contributed by atoms with van der Waals surface area (Å²) in [5, 5.41) is 7.05. The quantitative estimate of drug-likeness (QED) is 0.595. The number of rotatable bonds is 6. The fourth-order valence-electron chi connectivity index (χ4n) is 4.27. The smallest absolute Gasteiger partial charge is 0.191 e. The van der Waals surface area contributed by atoms with E-state index in [4.69, 9.17) is 4.74 Å². The van der Waals surface area contributed by atoms with Crippen molar-refractivity contribution in [1.29, 1.82) is 0 Å². The first kappa shape index (κ1) is 20.2. The lowest BCUT2D eigenvalue weighted by atomic mass is 9.82. The zero-order valence-corrected chi connectivity index (χ0v) is 17.0. The second-order valence-electron chi connectivity index (χ2n) is 8.10. The molecule has 1 aliphatic carbocycles. The third-order valence-electron chi connectivity index (χ3n) is 5.89. The molecule has 0 spiro atoms. The van der Waals surface area contributed by atoms with Crippen molar-refractivity contribution >= 4 is 5.96 Å². The van der Waals surface area contributed by atoms with Gasteiger partial charge in [0.1, 0.15) is 0 Å². The number of nitrogens with zero attached hydrogens (tertiary/aromatic N) is 2.